The molecule has 1 amide bonds. The highest BCUT2D eigenvalue weighted by Gasteiger charge is 2.04. The molecule has 0 bridgehead atoms. The van der Waals surface area contributed by atoms with Crippen LogP contribution in [-0.2, 0) is 15.0 Å². The Morgan fingerprint density at radius 3 is 2.46 bits per heavy atom. The second-order valence-corrected chi connectivity index (χ2v) is 6.70. The Bertz CT molecular complexity index is 890. The smallest absolute Gasteiger partial charge is 0.296 e. The predicted octanol–water partition coefficient (Wildman–Crippen LogP) is 2.57. The topological polar surface area (TPSA) is 101 Å². The molecule has 6 nitrogen and oxygen atoms in total. The van der Waals surface area contributed by atoms with E-state index in [1.165, 1.54) is 18.2 Å². The summed E-state index contributed by atoms with van der Waals surface area (Å²) in [5.74, 6) is -0.317. The van der Waals surface area contributed by atoms with Gasteiger partial charge in [-0.25, -0.2) is 5.14 Å². The fourth-order valence-electron chi connectivity index (χ4n) is 2.19. The van der Waals surface area contributed by atoms with Crippen LogP contribution in [0.4, 0.5) is 11.4 Å². The lowest BCUT2D eigenvalue weighted by atomic mass is 10.1. The van der Waals surface area contributed by atoms with Crippen LogP contribution in [0.3, 0.4) is 0 Å². The van der Waals surface area contributed by atoms with Crippen molar-refractivity contribution in [2.45, 2.75) is 13.8 Å². The number of benzene rings is 2. The van der Waals surface area contributed by atoms with Crippen LogP contribution in [0.5, 0.6) is 0 Å². The standard InChI is InChI=1S/C17H19N3O3S/c1-12-6-7-14(13(2)10-12)8-9-17(21)19-15-4-3-5-16(11-15)20-24(18,22)23/h3-11,20H,1-2H3,(H,19,21)(H2,18,22,23). The highest BCUT2D eigenvalue weighted by atomic mass is 32.2. The SMILES string of the molecule is Cc1ccc(C=CC(=O)Nc2cccc(NS(N)(=O)=O)c2)c(C)c1. The van der Waals surface area contributed by atoms with Crippen molar-refractivity contribution in [1.29, 1.82) is 0 Å². The molecule has 0 saturated heterocycles. The summed E-state index contributed by atoms with van der Waals surface area (Å²) < 4.78 is 24.2. The van der Waals surface area contributed by atoms with Gasteiger partial charge in [0, 0.05) is 11.8 Å². The van der Waals surface area contributed by atoms with E-state index in [1.807, 2.05) is 32.0 Å². The first-order valence-electron chi connectivity index (χ1n) is 7.20. The molecule has 2 aromatic carbocycles. The summed E-state index contributed by atoms with van der Waals surface area (Å²) in [6, 6.07) is 12.2. The summed E-state index contributed by atoms with van der Waals surface area (Å²) in [6.07, 6.45) is 3.16. The molecule has 0 aliphatic heterocycles. The van der Waals surface area contributed by atoms with E-state index in [4.69, 9.17) is 5.14 Å². The van der Waals surface area contributed by atoms with Crippen molar-refractivity contribution >= 4 is 33.6 Å². The van der Waals surface area contributed by atoms with Crippen molar-refractivity contribution in [1.82, 2.24) is 0 Å². The number of nitrogens with one attached hydrogen (secondary N) is 2. The summed E-state index contributed by atoms with van der Waals surface area (Å²) in [5, 5.41) is 7.59. The molecule has 0 aromatic heterocycles. The fourth-order valence-corrected chi connectivity index (χ4v) is 2.64. The number of hydrogen-bond donors (Lipinski definition) is 3. The average Bonchev–Trinajstić information content (AvgIpc) is 2.45. The van der Waals surface area contributed by atoms with Gasteiger partial charge in [0.2, 0.25) is 5.91 Å². The van der Waals surface area contributed by atoms with Gasteiger partial charge in [-0.2, -0.15) is 8.42 Å². The van der Waals surface area contributed by atoms with Gasteiger partial charge < -0.3 is 5.32 Å². The number of nitrogens with two attached hydrogens (primary N) is 1. The quantitative estimate of drug-likeness (QED) is 0.726. The van der Waals surface area contributed by atoms with Crippen molar-refractivity contribution in [2.24, 2.45) is 5.14 Å². The molecule has 0 heterocycles. The van der Waals surface area contributed by atoms with Gasteiger partial charge in [-0.3, -0.25) is 9.52 Å². The van der Waals surface area contributed by atoms with Crippen molar-refractivity contribution < 1.29 is 13.2 Å². The molecule has 0 aliphatic carbocycles. The second kappa shape index (κ2) is 7.29. The number of hydrogen-bond acceptors (Lipinski definition) is 3. The zero-order valence-corrected chi connectivity index (χ0v) is 14.2. The molecule has 0 atom stereocenters. The molecule has 2 aromatic rings. The van der Waals surface area contributed by atoms with E-state index in [0.717, 1.165) is 16.7 Å². The molecule has 24 heavy (non-hydrogen) atoms. The Labute approximate surface area is 141 Å². The van der Waals surface area contributed by atoms with Gasteiger partial charge in [-0.1, -0.05) is 29.8 Å². The van der Waals surface area contributed by atoms with E-state index in [0.29, 0.717) is 5.69 Å². The summed E-state index contributed by atoms with van der Waals surface area (Å²) in [7, 11) is -3.85. The Morgan fingerprint density at radius 1 is 1.08 bits per heavy atom. The number of rotatable bonds is 5. The second-order valence-electron chi connectivity index (χ2n) is 5.41. The lowest BCUT2D eigenvalue weighted by Gasteiger charge is -2.07. The molecule has 4 N–H and O–H groups in total. The van der Waals surface area contributed by atoms with Crippen LogP contribution >= 0.6 is 0 Å². The molecule has 0 aliphatic rings. The molecular weight excluding hydrogens is 326 g/mol. The van der Waals surface area contributed by atoms with E-state index >= 15 is 0 Å². The maximum atomic E-state index is 12.0. The Kier molecular flexibility index (Phi) is 5.38. The van der Waals surface area contributed by atoms with E-state index in [9.17, 15) is 13.2 Å². The summed E-state index contributed by atoms with van der Waals surface area (Å²) in [5.41, 5.74) is 3.93. The number of carbonyl (C=O) groups excluding carboxylic acids is 1. The minimum Gasteiger partial charge on any atom is -0.322 e. The van der Waals surface area contributed by atoms with Crippen molar-refractivity contribution in [2.75, 3.05) is 10.0 Å². The first kappa shape index (κ1) is 17.7. The van der Waals surface area contributed by atoms with E-state index in [2.05, 4.69) is 10.0 Å². The maximum absolute atomic E-state index is 12.0. The Hall–Kier alpha value is -2.64. The highest BCUT2D eigenvalue weighted by Crippen LogP contribution is 2.16. The summed E-state index contributed by atoms with van der Waals surface area (Å²) in [6.45, 7) is 3.99. The molecule has 126 valence electrons. The largest absolute Gasteiger partial charge is 0.322 e. The third-order valence-corrected chi connectivity index (χ3v) is 3.75. The molecule has 2 rings (SSSR count). The molecule has 0 unspecified atom stereocenters. The normalized spacial score (nSPS) is 11.5. The third-order valence-electron chi connectivity index (χ3n) is 3.23. The Balaban J connectivity index is 2.07. The van der Waals surface area contributed by atoms with Gasteiger partial charge >= 0.3 is 0 Å². The van der Waals surface area contributed by atoms with Gasteiger partial charge in [0.1, 0.15) is 0 Å². The minimum atomic E-state index is -3.85. The van der Waals surface area contributed by atoms with Gasteiger partial charge in [-0.05, 0) is 49.2 Å². The molecule has 0 radical (unpaired) electrons. The highest BCUT2D eigenvalue weighted by molar-refractivity contribution is 7.90. The number of carbonyl (C=O) groups is 1. The van der Waals surface area contributed by atoms with Crippen molar-refractivity contribution in [3.63, 3.8) is 0 Å². The van der Waals surface area contributed by atoms with Crippen LogP contribution in [0.25, 0.3) is 6.08 Å². The van der Waals surface area contributed by atoms with E-state index in [-0.39, 0.29) is 11.6 Å². The van der Waals surface area contributed by atoms with Crippen LogP contribution in [0.1, 0.15) is 16.7 Å². The average molecular weight is 345 g/mol. The minimum absolute atomic E-state index is 0.272. The molecule has 0 fully saturated rings. The third kappa shape index (κ3) is 5.53. The van der Waals surface area contributed by atoms with Gasteiger partial charge in [0.15, 0.2) is 0 Å². The fraction of sp³-hybridized carbons (Fsp3) is 0.118. The molecule has 0 spiro atoms. The lowest BCUT2D eigenvalue weighted by Crippen LogP contribution is -2.21. The number of anilines is 2. The molecule has 0 saturated carbocycles. The van der Waals surface area contributed by atoms with Gasteiger partial charge in [0.05, 0.1) is 5.69 Å². The number of amides is 1. The van der Waals surface area contributed by atoms with Gasteiger partial charge in [-0.15, -0.1) is 0 Å². The van der Waals surface area contributed by atoms with E-state index < -0.39 is 10.2 Å². The Morgan fingerprint density at radius 2 is 1.79 bits per heavy atom. The zero-order valence-electron chi connectivity index (χ0n) is 13.4. The summed E-state index contributed by atoms with van der Waals surface area (Å²) in [4.78, 5) is 12.0. The molecule has 7 heteroatoms. The van der Waals surface area contributed by atoms with Gasteiger partial charge in [0.25, 0.3) is 10.2 Å². The zero-order chi connectivity index (χ0) is 17.7. The molecular formula is C17H19N3O3S. The maximum Gasteiger partial charge on any atom is 0.296 e. The lowest BCUT2D eigenvalue weighted by molar-refractivity contribution is -0.111. The van der Waals surface area contributed by atoms with Crippen LogP contribution in [-0.4, -0.2) is 14.3 Å². The summed E-state index contributed by atoms with van der Waals surface area (Å²) >= 11 is 0. The first-order chi connectivity index (χ1) is 11.2. The van der Waals surface area contributed by atoms with E-state index in [1.54, 1.807) is 18.2 Å². The van der Waals surface area contributed by atoms with Crippen LogP contribution in [0.15, 0.2) is 48.5 Å². The van der Waals surface area contributed by atoms with Crippen molar-refractivity contribution in [3.8, 4) is 0 Å². The van der Waals surface area contributed by atoms with Crippen LogP contribution in [0, 0.1) is 13.8 Å². The first-order valence-corrected chi connectivity index (χ1v) is 8.74. The number of aryl methyl sites for hydroxylation is 2. The van der Waals surface area contributed by atoms with Crippen LogP contribution in [0.2, 0.25) is 0 Å². The monoisotopic (exact) mass is 345 g/mol. The predicted molar refractivity (Wildman–Crippen MR) is 96.8 cm³/mol. The van der Waals surface area contributed by atoms with Crippen molar-refractivity contribution in [3.05, 3.63) is 65.2 Å². The van der Waals surface area contributed by atoms with Crippen LogP contribution < -0.4 is 15.2 Å².